The van der Waals surface area contributed by atoms with Crippen LogP contribution in [0.5, 0.6) is 0 Å². The number of hydrogen-bond donors (Lipinski definition) is 2. The van der Waals surface area contributed by atoms with E-state index in [1.165, 1.54) is 12.1 Å². The number of carbonyl (C=O) groups excluding carboxylic acids is 1. The standard InChI is InChI=1S/C15H13FN2O4/c16-11-6-10(4-3-9(11)5-14(19)20)17-15(21)12-7-13(22-18-12)8-1-2-8/h3-4,6-8H,1-2,5H2,(H,17,21)(H,19,20). The summed E-state index contributed by atoms with van der Waals surface area (Å²) >= 11 is 0. The molecule has 0 aliphatic heterocycles. The van der Waals surface area contributed by atoms with Crippen molar-refractivity contribution in [3.8, 4) is 0 Å². The van der Waals surface area contributed by atoms with E-state index in [0.717, 1.165) is 18.9 Å². The van der Waals surface area contributed by atoms with Crippen LogP contribution in [0.2, 0.25) is 0 Å². The number of amides is 1. The van der Waals surface area contributed by atoms with Gasteiger partial charge < -0.3 is 14.9 Å². The highest BCUT2D eigenvalue weighted by Crippen LogP contribution is 2.40. The lowest BCUT2D eigenvalue weighted by atomic mass is 10.1. The molecule has 3 rings (SSSR count). The maximum Gasteiger partial charge on any atom is 0.307 e. The van der Waals surface area contributed by atoms with Crippen molar-refractivity contribution in [3.05, 3.63) is 47.1 Å². The Morgan fingerprint density at radius 2 is 2.14 bits per heavy atom. The van der Waals surface area contributed by atoms with Crippen LogP contribution in [-0.2, 0) is 11.2 Å². The van der Waals surface area contributed by atoms with Gasteiger partial charge in [0.2, 0.25) is 0 Å². The first-order valence-electron chi connectivity index (χ1n) is 6.81. The Kier molecular flexibility index (Phi) is 3.62. The van der Waals surface area contributed by atoms with E-state index in [4.69, 9.17) is 9.63 Å². The van der Waals surface area contributed by atoms with E-state index in [1.54, 1.807) is 6.07 Å². The summed E-state index contributed by atoms with van der Waals surface area (Å²) in [6, 6.07) is 5.44. The fraction of sp³-hybridized carbons (Fsp3) is 0.267. The summed E-state index contributed by atoms with van der Waals surface area (Å²) < 4.78 is 18.8. The normalized spacial score (nSPS) is 13.9. The quantitative estimate of drug-likeness (QED) is 0.885. The Labute approximate surface area is 124 Å². The van der Waals surface area contributed by atoms with Gasteiger partial charge >= 0.3 is 5.97 Å². The minimum absolute atomic E-state index is 0.0583. The number of carbonyl (C=O) groups is 2. The molecule has 7 heteroatoms. The lowest BCUT2D eigenvalue weighted by molar-refractivity contribution is -0.136. The number of anilines is 1. The molecule has 1 amide bonds. The molecule has 1 aromatic carbocycles. The van der Waals surface area contributed by atoms with Gasteiger partial charge in [-0.05, 0) is 30.5 Å². The van der Waals surface area contributed by atoms with Crippen LogP contribution in [0.25, 0.3) is 0 Å². The summed E-state index contributed by atoms with van der Waals surface area (Å²) in [5.74, 6) is -1.26. The van der Waals surface area contributed by atoms with Gasteiger partial charge in [-0.15, -0.1) is 0 Å². The fourth-order valence-corrected chi connectivity index (χ4v) is 2.08. The number of benzene rings is 1. The molecule has 1 saturated carbocycles. The number of carboxylic acid groups (broad SMARTS) is 1. The molecule has 0 radical (unpaired) electrons. The Balaban J connectivity index is 1.70. The first kappa shape index (κ1) is 14.2. The van der Waals surface area contributed by atoms with Gasteiger partial charge in [0.25, 0.3) is 5.91 Å². The zero-order chi connectivity index (χ0) is 15.7. The van der Waals surface area contributed by atoms with Gasteiger partial charge in [0.15, 0.2) is 5.69 Å². The van der Waals surface area contributed by atoms with E-state index in [1.807, 2.05) is 0 Å². The van der Waals surface area contributed by atoms with E-state index < -0.39 is 24.1 Å². The predicted octanol–water partition coefficient (Wildman–Crippen LogP) is 2.57. The maximum atomic E-state index is 13.7. The molecule has 6 nitrogen and oxygen atoms in total. The van der Waals surface area contributed by atoms with E-state index in [2.05, 4.69) is 10.5 Å². The Hall–Kier alpha value is -2.70. The first-order valence-corrected chi connectivity index (χ1v) is 6.81. The van der Waals surface area contributed by atoms with Crippen LogP contribution >= 0.6 is 0 Å². The van der Waals surface area contributed by atoms with Crippen molar-refractivity contribution in [2.45, 2.75) is 25.2 Å². The summed E-state index contributed by atoms with van der Waals surface area (Å²) in [4.78, 5) is 22.6. The Morgan fingerprint density at radius 3 is 2.77 bits per heavy atom. The molecule has 1 aromatic heterocycles. The molecule has 1 aliphatic carbocycles. The molecule has 0 bridgehead atoms. The molecule has 22 heavy (non-hydrogen) atoms. The van der Waals surface area contributed by atoms with Crippen molar-refractivity contribution < 1.29 is 23.6 Å². The number of aliphatic carboxylic acids is 1. The summed E-state index contributed by atoms with van der Waals surface area (Å²) in [5.41, 5.74) is 0.424. The third kappa shape index (κ3) is 3.13. The second-order valence-corrected chi connectivity index (χ2v) is 5.22. The fourth-order valence-electron chi connectivity index (χ4n) is 2.08. The van der Waals surface area contributed by atoms with Crippen LogP contribution in [0, 0.1) is 5.82 Å². The van der Waals surface area contributed by atoms with Gasteiger partial charge in [0.1, 0.15) is 11.6 Å². The molecule has 1 fully saturated rings. The zero-order valence-electron chi connectivity index (χ0n) is 11.5. The number of nitrogens with one attached hydrogen (secondary N) is 1. The molecule has 2 aromatic rings. The van der Waals surface area contributed by atoms with Crippen LogP contribution in [-0.4, -0.2) is 22.1 Å². The number of rotatable bonds is 5. The van der Waals surface area contributed by atoms with Crippen molar-refractivity contribution in [2.75, 3.05) is 5.32 Å². The van der Waals surface area contributed by atoms with Crippen LogP contribution in [0.1, 0.15) is 40.6 Å². The topological polar surface area (TPSA) is 92.4 Å². The highest BCUT2D eigenvalue weighted by Gasteiger charge is 2.28. The predicted molar refractivity (Wildman–Crippen MR) is 74.2 cm³/mol. The second kappa shape index (κ2) is 5.59. The van der Waals surface area contributed by atoms with E-state index in [9.17, 15) is 14.0 Å². The van der Waals surface area contributed by atoms with Crippen LogP contribution in [0.3, 0.4) is 0 Å². The molecule has 1 aliphatic rings. The zero-order valence-corrected chi connectivity index (χ0v) is 11.5. The van der Waals surface area contributed by atoms with E-state index in [-0.39, 0.29) is 16.9 Å². The van der Waals surface area contributed by atoms with Gasteiger partial charge in [0, 0.05) is 17.7 Å². The molecule has 0 unspecified atom stereocenters. The van der Waals surface area contributed by atoms with Gasteiger partial charge in [0.05, 0.1) is 6.42 Å². The molecule has 0 atom stereocenters. The lowest BCUT2D eigenvalue weighted by Gasteiger charge is -2.05. The van der Waals surface area contributed by atoms with Gasteiger partial charge in [-0.1, -0.05) is 11.2 Å². The monoisotopic (exact) mass is 304 g/mol. The number of hydrogen-bond acceptors (Lipinski definition) is 4. The first-order chi connectivity index (χ1) is 10.5. The minimum Gasteiger partial charge on any atom is -0.481 e. The van der Waals surface area contributed by atoms with Crippen LogP contribution < -0.4 is 5.32 Å². The van der Waals surface area contributed by atoms with Crippen molar-refractivity contribution >= 4 is 17.6 Å². The number of halogens is 1. The Bertz CT molecular complexity index is 737. The highest BCUT2D eigenvalue weighted by molar-refractivity contribution is 6.02. The van der Waals surface area contributed by atoms with E-state index >= 15 is 0 Å². The SMILES string of the molecule is O=C(O)Cc1ccc(NC(=O)c2cc(C3CC3)on2)cc1F. The third-order valence-corrected chi connectivity index (χ3v) is 3.39. The van der Waals surface area contributed by atoms with Gasteiger partial charge in [-0.3, -0.25) is 9.59 Å². The molecule has 0 saturated heterocycles. The summed E-state index contributed by atoms with van der Waals surface area (Å²) in [5, 5.41) is 14.8. The van der Waals surface area contributed by atoms with Gasteiger partial charge in [-0.25, -0.2) is 4.39 Å². The van der Waals surface area contributed by atoms with Crippen LogP contribution in [0.15, 0.2) is 28.8 Å². The molecule has 114 valence electrons. The number of aromatic nitrogens is 1. The van der Waals surface area contributed by atoms with Crippen molar-refractivity contribution in [1.82, 2.24) is 5.16 Å². The Morgan fingerprint density at radius 1 is 1.36 bits per heavy atom. The van der Waals surface area contributed by atoms with Crippen molar-refractivity contribution in [2.24, 2.45) is 0 Å². The average molecular weight is 304 g/mol. The molecular weight excluding hydrogens is 291 g/mol. The summed E-state index contributed by atoms with van der Waals surface area (Å²) in [7, 11) is 0. The lowest BCUT2D eigenvalue weighted by Crippen LogP contribution is -2.12. The van der Waals surface area contributed by atoms with Crippen molar-refractivity contribution in [1.29, 1.82) is 0 Å². The largest absolute Gasteiger partial charge is 0.481 e. The number of nitrogens with zero attached hydrogens (tertiary/aromatic N) is 1. The molecule has 2 N–H and O–H groups in total. The maximum absolute atomic E-state index is 13.7. The summed E-state index contributed by atoms with van der Waals surface area (Å²) in [6.45, 7) is 0. The third-order valence-electron chi connectivity index (χ3n) is 3.39. The van der Waals surface area contributed by atoms with Gasteiger partial charge in [-0.2, -0.15) is 0 Å². The highest BCUT2D eigenvalue weighted by atomic mass is 19.1. The van der Waals surface area contributed by atoms with Crippen LogP contribution in [0.4, 0.5) is 10.1 Å². The number of carboxylic acids is 1. The van der Waals surface area contributed by atoms with Crippen molar-refractivity contribution in [3.63, 3.8) is 0 Å². The smallest absolute Gasteiger partial charge is 0.307 e. The molecule has 1 heterocycles. The van der Waals surface area contributed by atoms with E-state index in [0.29, 0.717) is 11.7 Å². The summed E-state index contributed by atoms with van der Waals surface area (Å²) in [6.07, 6.45) is 1.66. The second-order valence-electron chi connectivity index (χ2n) is 5.22. The molecular formula is C15H13FN2O4. The average Bonchev–Trinajstić information content (AvgIpc) is 3.19. The molecule has 0 spiro atoms. The minimum atomic E-state index is -1.12.